The predicted molar refractivity (Wildman–Crippen MR) is 80.5 cm³/mol. The monoisotopic (exact) mass is 332 g/mol. The second-order valence-corrected chi connectivity index (χ2v) is 6.56. The summed E-state index contributed by atoms with van der Waals surface area (Å²) < 4.78 is 6.95. The maximum absolute atomic E-state index is 5.48. The number of methoxy groups -OCH3 is 1. The van der Waals surface area contributed by atoms with Gasteiger partial charge in [-0.2, -0.15) is 0 Å². The first-order valence-electron chi connectivity index (χ1n) is 6.14. The van der Waals surface area contributed by atoms with Crippen LogP contribution in [-0.4, -0.2) is 17.1 Å². The second-order valence-electron chi connectivity index (χ2n) is 5.38. The molecule has 0 amide bonds. The maximum atomic E-state index is 5.48. The summed E-state index contributed by atoms with van der Waals surface area (Å²) in [4.78, 5) is 7.80. The van der Waals surface area contributed by atoms with E-state index < -0.39 is 0 Å². The summed E-state index contributed by atoms with van der Waals surface area (Å²) in [6.45, 7) is 8.56. The predicted octanol–water partition coefficient (Wildman–Crippen LogP) is 4.69. The first kappa shape index (κ1) is 15.8. The molecule has 1 unspecified atom stereocenters. The summed E-state index contributed by atoms with van der Waals surface area (Å²) in [5.74, 6) is 0.817. The largest absolute Gasteiger partial charge is 0.374 e. The molecule has 0 bridgehead atoms. The average Bonchev–Trinajstić information content (AvgIpc) is 2.28. The number of halogens is 1. The van der Waals surface area contributed by atoms with Crippen LogP contribution in [0.4, 0.5) is 0 Å². The van der Waals surface area contributed by atoms with Crippen LogP contribution in [-0.2, 0) is 10.2 Å². The Balaban J connectivity index is 3.32. The van der Waals surface area contributed by atoms with E-state index in [0.29, 0.717) is 4.64 Å². The summed E-state index contributed by atoms with van der Waals surface area (Å²) in [6, 6.07) is 0. The summed E-state index contributed by atoms with van der Waals surface area (Å²) >= 11 is 8.84. The number of nitrogens with one attached hydrogen (secondary N) is 1. The minimum absolute atomic E-state index is 0.0193. The van der Waals surface area contributed by atoms with Crippen LogP contribution in [0.1, 0.15) is 58.2 Å². The smallest absolute Gasteiger partial charge is 0.144 e. The molecule has 3 nitrogen and oxygen atoms in total. The van der Waals surface area contributed by atoms with Gasteiger partial charge in [0.25, 0.3) is 0 Å². The lowest BCUT2D eigenvalue weighted by Crippen LogP contribution is -2.18. The average molecular weight is 333 g/mol. The third kappa shape index (κ3) is 3.62. The highest BCUT2D eigenvalue weighted by atomic mass is 79.9. The van der Waals surface area contributed by atoms with Crippen LogP contribution in [0.5, 0.6) is 0 Å². The second kappa shape index (κ2) is 6.26. The molecule has 0 saturated carbocycles. The van der Waals surface area contributed by atoms with Crippen molar-refractivity contribution in [3.05, 3.63) is 20.6 Å². The van der Waals surface area contributed by atoms with E-state index in [9.17, 15) is 0 Å². The minimum Gasteiger partial charge on any atom is -0.374 e. The van der Waals surface area contributed by atoms with E-state index in [1.54, 1.807) is 7.11 Å². The van der Waals surface area contributed by atoms with Crippen molar-refractivity contribution in [2.75, 3.05) is 7.11 Å². The van der Waals surface area contributed by atoms with Crippen molar-refractivity contribution in [3.8, 4) is 0 Å². The van der Waals surface area contributed by atoms with E-state index in [1.807, 2.05) is 0 Å². The molecule has 102 valence electrons. The molecule has 0 aliphatic rings. The zero-order valence-corrected chi connectivity index (χ0v) is 14.0. The van der Waals surface area contributed by atoms with Gasteiger partial charge in [0.05, 0.1) is 4.47 Å². The molecule has 0 fully saturated rings. The third-order valence-corrected chi connectivity index (χ3v) is 4.10. The SMILES string of the molecule is CCCC(OC)c1nc(=S)c(Br)c(C(C)(C)C)[nH]1. The number of rotatable bonds is 4. The standard InChI is InChI=1S/C13H21BrN2OS/c1-6-7-8(17-5)11-15-10(13(2,3)4)9(14)12(18)16-11/h8H,6-7H2,1-5H3,(H,15,16,18). The highest BCUT2D eigenvalue weighted by Gasteiger charge is 2.22. The molecule has 0 spiro atoms. The van der Waals surface area contributed by atoms with Crippen molar-refractivity contribution in [2.45, 2.75) is 52.1 Å². The van der Waals surface area contributed by atoms with Crippen molar-refractivity contribution < 1.29 is 4.74 Å². The Kier molecular flexibility index (Phi) is 5.49. The maximum Gasteiger partial charge on any atom is 0.144 e. The van der Waals surface area contributed by atoms with Gasteiger partial charge >= 0.3 is 0 Å². The van der Waals surface area contributed by atoms with Crippen molar-refractivity contribution in [3.63, 3.8) is 0 Å². The number of ether oxygens (including phenoxy) is 1. The molecule has 0 aromatic carbocycles. The fourth-order valence-electron chi connectivity index (χ4n) is 1.77. The van der Waals surface area contributed by atoms with E-state index in [4.69, 9.17) is 17.0 Å². The summed E-state index contributed by atoms with van der Waals surface area (Å²) in [6.07, 6.45) is 1.95. The Morgan fingerprint density at radius 1 is 1.44 bits per heavy atom. The molecule has 0 radical (unpaired) electrons. The Morgan fingerprint density at radius 2 is 2.06 bits per heavy atom. The zero-order chi connectivity index (χ0) is 13.9. The molecule has 1 rings (SSSR count). The van der Waals surface area contributed by atoms with Gasteiger partial charge < -0.3 is 9.72 Å². The molecule has 0 saturated heterocycles. The van der Waals surface area contributed by atoms with Crippen LogP contribution in [0.25, 0.3) is 0 Å². The Morgan fingerprint density at radius 3 is 2.50 bits per heavy atom. The van der Waals surface area contributed by atoms with E-state index in [-0.39, 0.29) is 11.5 Å². The van der Waals surface area contributed by atoms with Crippen LogP contribution >= 0.6 is 28.1 Å². The van der Waals surface area contributed by atoms with Gasteiger partial charge in [0, 0.05) is 18.2 Å². The quantitative estimate of drug-likeness (QED) is 0.813. The van der Waals surface area contributed by atoms with E-state index in [0.717, 1.165) is 28.8 Å². The minimum atomic E-state index is -0.0223. The van der Waals surface area contributed by atoms with Gasteiger partial charge in [-0.1, -0.05) is 46.3 Å². The number of nitrogens with zero attached hydrogens (tertiary/aromatic N) is 1. The number of hydrogen-bond donors (Lipinski definition) is 1. The van der Waals surface area contributed by atoms with Gasteiger partial charge in [-0.15, -0.1) is 0 Å². The summed E-state index contributed by atoms with van der Waals surface area (Å²) in [7, 11) is 1.71. The third-order valence-electron chi connectivity index (χ3n) is 2.77. The molecule has 1 aromatic rings. The van der Waals surface area contributed by atoms with Gasteiger partial charge in [0.2, 0.25) is 0 Å². The molecule has 5 heteroatoms. The summed E-state index contributed by atoms with van der Waals surface area (Å²) in [5, 5.41) is 0. The number of aromatic amines is 1. The molecule has 18 heavy (non-hydrogen) atoms. The van der Waals surface area contributed by atoms with E-state index in [2.05, 4.69) is 53.6 Å². The van der Waals surface area contributed by atoms with Gasteiger partial charge in [-0.3, -0.25) is 0 Å². The fraction of sp³-hybridized carbons (Fsp3) is 0.692. The lowest BCUT2D eigenvalue weighted by atomic mass is 9.92. The zero-order valence-electron chi connectivity index (χ0n) is 11.6. The highest BCUT2D eigenvalue weighted by molar-refractivity contribution is 9.10. The number of H-pyrrole nitrogens is 1. The Bertz CT molecular complexity index is 465. The number of aromatic nitrogens is 2. The molecular weight excluding hydrogens is 312 g/mol. The molecular formula is C13H21BrN2OS. The molecule has 1 heterocycles. The van der Waals surface area contributed by atoms with Crippen molar-refractivity contribution in [2.24, 2.45) is 0 Å². The Labute approximate surface area is 122 Å². The van der Waals surface area contributed by atoms with Crippen molar-refractivity contribution >= 4 is 28.1 Å². The molecule has 1 N–H and O–H groups in total. The van der Waals surface area contributed by atoms with Crippen molar-refractivity contribution in [1.82, 2.24) is 9.97 Å². The van der Waals surface area contributed by atoms with Crippen LogP contribution in [0, 0.1) is 4.64 Å². The lowest BCUT2D eigenvalue weighted by Gasteiger charge is -2.23. The normalized spacial score (nSPS) is 13.7. The molecule has 1 aromatic heterocycles. The first-order chi connectivity index (χ1) is 8.31. The molecule has 1 atom stereocenters. The molecule has 0 aliphatic heterocycles. The fourth-order valence-corrected chi connectivity index (χ4v) is 2.76. The van der Waals surface area contributed by atoms with Gasteiger partial charge in [-0.05, 0) is 22.4 Å². The Hall–Kier alpha value is -0.260. The van der Waals surface area contributed by atoms with Gasteiger partial charge in [0.1, 0.15) is 16.6 Å². The van der Waals surface area contributed by atoms with Crippen molar-refractivity contribution in [1.29, 1.82) is 0 Å². The topological polar surface area (TPSA) is 37.9 Å². The lowest BCUT2D eigenvalue weighted by molar-refractivity contribution is 0.0870. The van der Waals surface area contributed by atoms with Crippen LogP contribution in [0.15, 0.2) is 4.47 Å². The van der Waals surface area contributed by atoms with E-state index >= 15 is 0 Å². The van der Waals surface area contributed by atoms with Gasteiger partial charge in [0.15, 0.2) is 0 Å². The number of hydrogen-bond acceptors (Lipinski definition) is 3. The van der Waals surface area contributed by atoms with Crippen LogP contribution in [0.3, 0.4) is 0 Å². The van der Waals surface area contributed by atoms with Crippen LogP contribution < -0.4 is 0 Å². The van der Waals surface area contributed by atoms with Gasteiger partial charge in [-0.25, -0.2) is 4.98 Å². The van der Waals surface area contributed by atoms with Crippen LogP contribution in [0.2, 0.25) is 0 Å². The summed E-state index contributed by atoms with van der Waals surface area (Å²) in [5.41, 5.74) is 1.05. The highest BCUT2D eigenvalue weighted by Crippen LogP contribution is 2.30. The molecule has 0 aliphatic carbocycles. The first-order valence-corrected chi connectivity index (χ1v) is 7.34. The van der Waals surface area contributed by atoms with E-state index in [1.165, 1.54) is 0 Å².